The number of hydrogen-bond acceptors (Lipinski definition) is 1. The van der Waals surface area contributed by atoms with E-state index in [9.17, 15) is 4.79 Å². The van der Waals surface area contributed by atoms with E-state index < -0.39 is 0 Å². The minimum absolute atomic E-state index is 0.00759. The average molecular weight is 388 g/mol. The lowest BCUT2D eigenvalue weighted by molar-refractivity contribution is 0.0993. The molecule has 2 aromatic rings. The molecule has 0 aromatic heterocycles. The van der Waals surface area contributed by atoms with E-state index in [4.69, 9.17) is 11.6 Å². The van der Waals surface area contributed by atoms with Crippen molar-refractivity contribution in [3.8, 4) is 0 Å². The highest BCUT2D eigenvalue weighted by Crippen LogP contribution is 2.27. The van der Waals surface area contributed by atoms with Gasteiger partial charge < -0.3 is 0 Å². The molecule has 1 nitrogen and oxygen atoms in total. The lowest BCUT2D eigenvalue weighted by Crippen LogP contribution is -2.05. The first-order chi connectivity index (χ1) is 8.59. The smallest absolute Gasteiger partial charge is 0.168 e. The van der Waals surface area contributed by atoms with Crippen LogP contribution in [0.15, 0.2) is 51.4 Å². The Morgan fingerprint density at radius 3 is 2.39 bits per heavy atom. The summed E-state index contributed by atoms with van der Waals surface area (Å²) in [6.07, 6.45) is 0.331. The summed E-state index contributed by atoms with van der Waals surface area (Å²) in [7, 11) is 0. The predicted molar refractivity (Wildman–Crippen MR) is 81.3 cm³/mol. The number of Topliss-reactive ketones (excluding diaryl/α,β-unsaturated/α-hetero) is 1. The summed E-state index contributed by atoms with van der Waals surface area (Å²) < 4.78 is 1.67. The number of hydrogen-bond donors (Lipinski definition) is 0. The third kappa shape index (κ3) is 3.02. The van der Waals surface area contributed by atoms with E-state index in [-0.39, 0.29) is 5.78 Å². The van der Waals surface area contributed by atoms with Gasteiger partial charge in [0.25, 0.3) is 0 Å². The Morgan fingerprint density at radius 2 is 1.67 bits per heavy atom. The maximum atomic E-state index is 12.2. The van der Waals surface area contributed by atoms with Crippen molar-refractivity contribution >= 4 is 49.2 Å². The van der Waals surface area contributed by atoms with Crippen molar-refractivity contribution in [3.63, 3.8) is 0 Å². The third-order valence-corrected chi connectivity index (χ3v) is 4.63. The van der Waals surface area contributed by atoms with Gasteiger partial charge in [-0.2, -0.15) is 0 Å². The Kier molecular flexibility index (Phi) is 4.60. The lowest BCUT2D eigenvalue weighted by atomic mass is 10.0. The van der Waals surface area contributed by atoms with Crippen LogP contribution >= 0.6 is 43.5 Å². The zero-order valence-electron chi connectivity index (χ0n) is 9.29. The highest BCUT2D eigenvalue weighted by molar-refractivity contribution is 9.10. The van der Waals surface area contributed by atoms with Crippen LogP contribution in [0.5, 0.6) is 0 Å². The van der Waals surface area contributed by atoms with Gasteiger partial charge in [0.1, 0.15) is 0 Å². The highest BCUT2D eigenvalue weighted by atomic mass is 79.9. The first-order valence-electron chi connectivity index (χ1n) is 5.30. The Labute approximate surface area is 127 Å². The lowest BCUT2D eigenvalue weighted by Gasteiger charge is -2.06. The molecule has 0 atom stereocenters. The van der Waals surface area contributed by atoms with Crippen LogP contribution in [0, 0.1) is 0 Å². The summed E-state index contributed by atoms with van der Waals surface area (Å²) in [6, 6.07) is 13.0. The van der Waals surface area contributed by atoms with Crippen LogP contribution in [0.2, 0.25) is 5.02 Å². The van der Waals surface area contributed by atoms with Gasteiger partial charge in [-0.1, -0.05) is 51.8 Å². The van der Waals surface area contributed by atoms with Crippen LogP contribution in [-0.2, 0) is 6.42 Å². The second-order valence-electron chi connectivity index (χ2n) is 3.79. The quantitative estimate of drug-likeness (QED) is 0.653. The van der Waals surface area contributed by atoms with E-state index in [0.29, 0.717) is 17.0 Å². The Hall–Kier alpha value is -0.640. The molecule has 0 heterocycles. The maximum Gasteiger partial charge on any atom is 0.168 e. The first kappa shape index (κ1) is 13.8. The van der Waals surface area contributed by atoms with E-state index in [1.54, 1.807) is 6.07 Å². The monoisotopic (exact) mass is 386 g/mol. The molecule has 0 bridgehead atoms. The molecule has 0 fully saturated rings. The van der Waals surface area contributed by atoms with Gasteiger partial charge in [-0.05, 0) is 39.7 Å². The number of carbonyl (C=O) groups excluding carboxylic acids is 1. The molecule has 0 aliphatic carbocycles. The Bertz CT molecular complexity index is 596. The molecule has 0 N–H and O–H groups in total. The molecule has 4 heteroatoms. The topological polar surface area (TPSA) is 17.1 Å². The number of carbonyl (C=O) groups is 1. The van der Waals surface area contributed by atoms with Crippen molar-refractivity contribution in [2.75, 3.05) is 0 Å². The molecule has 0 unspecified atom stereocenters. The molecule has 18 heavy (non-hydrogen) atoms. The van der Waals surface area contributed by atoms with Gasteiger partial charge in [-0.25, -0.2) is 0 Å². The highest BCUT2D eigenvalue weighted by Gasteiger charge is 2.13. The normalized spacial score (nSPS) is 10.4. The molecule has 0 saturated carbocycles. The van der Waals surface area contributed by atoms with E-state index >= 15 is 0 Å². The minimum atomic E-state index is 0.00759. The molecule has 92 valence electrons. The molecular formula is C14H9Br2ClO. The molecular weight excluding hydrogens is 379 g/mol. The Balaban J connectivity index is 2.28. The summed E-state index contributed by atoms with van der Waals surface area (Å²) in [5.41, 5.74) is 1.50. The molecule has 0 amide bonds. The van der Waals surface area contributed by atoms with Crippen LogP contribution in [0.4, 0.5) is 0 Å². The van der Waals surface area contributed by atoms with Crippen LogP contribution in [0.25, 0.3) is 0 Å². The number of rotatable bonds is 3. The summed E-state index contributed by atoms with van der Waals surface area (Å²) >= 11 is 12.9. The van der Waals surface area contributed by atoms with Crippen LogP contribution in [-0.4, -0.2) is 5.78 Å². The molecule has 0 saturated heterocycles. The zero-order chi connectivity index (χ0) is 13.1. The standard InChI is InChI=1S/C14H9Br2ClO/c15-11-6-2-1-4-9(11)8-13(18)10-5-3-7-12(16)14(10)17/h1-7H,8H2. The van der Waals surface area contributed by atoms with Crippen LogP contribution in [0.1, 0.15) is 15.9 Å². The predicted octanol–water partition coefficient (Wildman–Crippen LogP) is 5.29. The molecule has 0 spiro atoms. The SMILES string of the molecule is O=C(Cc1ccccc1Br)c1cccc(Br)c1Cl. The molecule has 2 aromatic carbocycles. The van der Waals surface area contributed by atoms with Gasteiger partial charge in [0.15, 0.2) is 5.78 Å². The van der Waals surface area contributed by atoms with Gasteiger partial charge in [-0.3, -0.25) is 4.79 Å². The van der Waals surface area contributed by atoms with Crippen molar-refractivity contribution < 1.29 is 4.79 Å². The molecule has 0 aliphatic heterocycles. The van der Waals surface area contributed by atoms with E-state index in [0.717, 1.165) is 14.5 Å². The van der Waals surface area contributed by atoms with Gasteiger partial charge in [-0.15, -0.1) is 0 Å². The Morgan fingerprint density at radius 1 is 1.00 bits per heavy atom. The van der Waals surface area contributed by atoms with Crippen LogP contribution in [0.3, 0.4) is 0 Å². The van der Waals surface area contributed by atoms with Crippen molar-refractivity contribution in [2.24, 2.45) is 0 Å². The van der Waals surface area contributed by atoms with Gasteiger partial charge in [0.2, 0.25) is 0 Å². The largest absolute Gasteiger partial charge is 0.294 e. The number of benzene rings is 2. The fourth-order valence-electron chi connectivity index (χ4n) is 1.63. The third-order valence-electron chi connectivity index (χ3n) is 2.56. The maximum absolute atomic E-state index is 12.2. The van der Waals surface area contributed by atoms with Crippen molar-refractivity contribution in [1.82, 2.24) is 0 Å². The summed E-state index contributed by atoms with van der Waals surface area (Å²) in [6.45, 7) is 0. The van der Waals surface area contributed by atoms with Crippen LogP contribution < -0.4 is 0 Å². The molecule has 0 aliphatic rings. The van der Waals surface area contributed by atoms with E-state index in [1.807, 2.05) is 36.4 Å². The van der Waals surface area contributed by atoms with Crippen molar-refractivity contribution in [2.45, 2.75) is 6.42 Å². The molecule has 2 rings (SSSR count). The summed E-state index contributed by atoms with van der Waals surface area (Å²) in [4.78, 5) is 12.2. The average Bonchev–Trinajstić information content (AvgIpc) is 2.35. The van der Waals surface area contributed by atoms with Crippen molar-refractivity contribution in [3.05, 3.63) is 67.6 Å². The zero-order valence-corrected chi connectivity index (χ0v) is 13.2. The second kappa shape index (κ2) is 6.00. The van der Waals surface area contributed by atoms with E-state index in [2.05, 4.69) is 31.9 Å². The van der Waals surface area contributed by atoms with Gasteiger partial charge >= 0.3 is 0 Å². The van der Waals surface area contributed by atoms with Gasteiger partial charge in [0, 0.05) is 20.9 Å². The summed E-state index contributed by atoms with van der Waals surface area (Å²) in [5, 5.41) is 0.467. The van der Waals surface area contributed by atoms with Gasteiger partial charge in [0.05, 0.1) is 5.02 Å². The second-order valence-corrected chi connectivity index (χ2v) is 5.88. The fraction of sp³-hybridized carbons (Fsp3) is 0.0714. The molecule has 0 radical (unpaired) electrons. The number of ketones is 1. The fourth-order valence-corrected chi connectivity index (χ4v) is 2.65. The van der Waals surface area contributed by atoms with Crippen molar-refractivity contribution in [1.29, 1.82) is 0 Å². The van der Waals surface area contributed by atoms with E-state index in [1.165, 1.54) is 0 Å². The summed E-state index contributed by atoms with van der Waals surface area (Å²) in [5.74, 6) is 0.00759. The number of halogens is 3. The first-order valence-corrected chi connectivity index (χ1v) is 7.26. The minimum Gasteiger partial charge on any atom is -0.294 e.